The van der Waals surface area contributed by atoms with Gasteiger partial charge in [0.1, 0.15) is 5.82 Å². The first-order valence-corrected chi connectivity index (χ1v) is 7.90. The number of nitrogens with one attached hydrogen (secondary N) is 2. The Kier molecular flexibility index (Phi) is 4.69. The van der Waals surface area contributed by atoms with E-state index < -0.39 is 0 Å². The van der Waals surface area contributed by atoms with Crippen LogP contribution in [-0.4, -0.2) is 26.6 Å². The van der Waals surface area contributed by atoms with Gasteiger partial charge in [0.2, 0.25) is 17.8 Å². The number of carbonyl (C=O) groups excluding carboxylic acids is 2. The molecule has 2 heterocycles. The van der Waals surface area contributed by atoms with Gasteiger partial charge >= 0.3 is 0 Å². The lowest BCUT2D eigenvalue weighted by atomic mass is 10.1. The first kappa shape index (κ1) is 15.9. The molecule has 0 saturated carbocycles. The summed E-state index contributed by atoms with van der Waals surface area (Å²) in [5.41, 5.74) is 1.42. The van der Waals surface area contributed by atoms with Crippen LogP contribution in [0.3, 0.4) is 0 Å². The summed E-state index contributed by atoms with van der Waals surface area (Å²) in [4.78, 5) is 27.9. The van der Waals surface area contributed by atoms with Crippen LogP contribution in [0.4, 0.5) is 11.6 Å². The molecule has 1 aliphatic heterocycles. The summed E-state index contributed by atoms with van der Waals surface area (Å²) in [5.74, 6) is 0.799. The Labute approximate surface area is 139 Å². The predicted octanol–water partition coefficient (Wildman–Crippen LogP) is 1.92. The average Bonchev–Trinajstić information content (AvgIpc) is 2.96. The third-order valence-corrected chi connectivity index (χ3v) is 3.76. The fourth-order valence-corrected chi connectivity index (χ4v) is 2.64. The highest BCUT2D eigenvalue weighted by Crippen LogP contribution is 2.15. The molecule has 2 aromatic rings. The van der Waals surface area contributed by atoms with Gasteiger partial charge in [-0.2, -0.15) is 4.98 Å². The number of nitrogens with zero attached hydrogens (tertiary/aromatic N) is 3. The van der Waals surface area contributed by atoms with E-state index in [1.54, 1.807) is 18.2 Å². The highest BCUT2D eigenvalue weighted by Gasteiger charge is 2.15. The zero-order valence-corrected chi connectivity index (χ0v) is 13.3. The lowest BCUT2D eigenvalue weighted by Gasteiger charge is -2.09. The third-order valence-electron chi connectivity index (χ3n) is 3.76. The number of hydrogen-bond acceptors (Lipinski definition) is 4. The van der Waals surface area contributed by atoms with Gasteiger partial charge in [0, 0.05) is 18.7 Å². The van der Waals surface area contributed by atoms with E-state index in [0.29, 0.717) is 11.6 Å². The number of aryl methyl sites for hydroxylation is 2. The van der Waals surface area contributed by atoms with Crippen molar-refractivity contribution in [2.75, 3.05) is 10.6 Å². The van der Waals surface area contributed by atoms with Gasteiger partial charge in [-0.15, -0.1) is 5.10 Å². The summed E-state index contributed by atoms with van der Waals surface area (Å²) >= 11 is 0. The minimum absolute atomic E-state index is 0.182. The highest BCUT2D eigenvalue weighted by atomic mass is 16.2. The van der Waals surface area contributed by atoms with Crippen molar-refractivity contribution in [2.45, 2.75) is 32.2 Å². The van der Waals surface area contributed by atoms with Crippen molar-refractivity contribution in [3.05, 3.63) is 48.3 Å². The molecule has 2 N–H and O–H groups in total. The quantitative estimate of drug-likeness (QED) is 0.822. The summed E-state index contributed by atoms with van der Waals surface area (Å²) in [6.45, 7) is 4.26. The molecule has 0 aliphatic carbocycles. The summed E-state index contributed by atoms with van der Waals surface area (Å²) < 4.78 is 1.85. The van der Waals surface area contributed by atoms with Crippen LogP contribution in [0.1, 0.15) is 24.2 Å². The van der Waals surface area contributed by atoms with Crippen molar-refractivity contribution in [1.29, 1.82) is 0 Å². The molecule has 2 amide bonds. The molecular weight excluding hydrogens is 306 g/mol. The average molecular weight is 325 g/mol. The van der Waals surface area contributed by atoms with E-state index in [1.165, 1.54) is 6.08 Å². The number of hydrogen-bond donors (Lipinski definition) is 2. The van der Waals surface area contributed by atoms with Gasteiger partial charge in [-0.05, 0) is 36.6 Å². The van der Waals surface area contributed by atoms with Gasteiger partial charge in [-0.25, -0.2) is 4.68 Å². The Morgan fingerprint density at radius 3 is 2.96 bits per heavy atom. The van der Waals surface area contributed by atoms with E-state index >= 15 is 0 Å². The van der Waals surface area contributed by atoms with E-state index in [1.807, 2.05) is 10.7 Å². The molecule has 0 saturated heterocycles. The summed E-state index contributed by atoms with van der Waals surface area (Å²) in [6, 6.07) is 7.13. The van der Waals surface area contributed by atoms with Gasteiger partial charge in [-0.1, -0.05) is 18.7 Å². The molecule has 7 heteroatoms. The lowest BCUT2D eigenvalue weighted by Crippen LogP contribution is -2.16. The van der Waals surface area contributed by atoms with E-state index in [4.69, 9.17) is 0 Å². The van der Waals surface area contributed by atoms with Gasteiger partial charge in [0.05, 0.1) is 6.42 Å². The van der Waals surface area contributed by atoms with Crippen LogP contribution in [0.2, 0.25) is 0 Å². The Morgan fingerprint density at radius 1 is 1.29 bits per heavy atom. The van der Waals surface area contributed by atoms with Gasteiger partial charge in [-0.3, -0.25) is 14.9 Å². The molecule has 0 fully saturated rings. The van der Waals surface area contributed by atoms with E-state index in [2.05, 4.69) is 27.3 Å². The Hall–Kier alpha value is -2.96. The van der Waals surface area contributed by atoms with Crippen molar-refractivity contribution < 1.29 is 9.59 Å². The first-order chi connectivity index (χ1) is 11.6. The van der Waals surface area contributed by atoms with Crippen LogP contribution in [-0.2, 0) is 29.0 Å². The van der Waals surface area contributed by atoms with Crippen LogP contribution >= 0.6 is 0 Å². The van der Waals surface area contributed by atoms with Gasteiger partial charge in [0.25, 0.3) is 0 Å². The van der Waals surface area contributed by atoms with Crippen LogP contribution < -0.4 is 10.6 Å². The van der Waals surface area contributed by atoms with Crippen LogP contribution in [0.5, 0.6) is 0 Å². The van der Waals surface area contributed by atoms with Crippen molar-refractivity contribution in [3.8, 4) is 0 Å². The van der Waals surface area contributed by atoms with Crippen molar-refractivity contribution in [2.24, 2.45) is 0 Å². The monoisotopic (exact) mass is 325 g/mol. The minimum Gasteiger partial charge on any atom is -0.323 e. The van der Waals surface area contributed by atoms with Crippen molar-refractivity contribution in [1.82, 2.24) is 14.8 Å². The number of carbonyl (C=O) groups is 2. The number of aromatic nitrogens is 3. The minimum atomic E-state index is -0.288. The molecule has 124 valence electrons. The van der Waals surface area contributed by atoms with E-state index in [9.17, 15) is 9.59 Å². The van der Waals surface area contributed by atoms with Gasteiger partial charge in [0.15, 0.2) is 0 Å². The molecule has 0 radical (unpaired) electrons. The molecule has 0 unspecified atom stereocenters. The second-order valence-electron chi connectivity index (χ2n) is 5.65. The Balaban J connectivity index is 1.62. The predicted molar refractivity (Wildman–Crippen MR) is 90.6 cm³/mol. The SMILES string of the molecule is C=CC(=O)Nc1cccc(CC(=O)Nc2nc3n(n2)CCCC3)c1. The maximum absolute atomic E-state index is 12.2. The van der Waals surface area contributed by atoms with E-state index in [0.717, 1.165) is 37.2 Å². The molecule has 0 atom stereocenters. The zero-order chi connectivity index (χ0) is 16.9. The molecule has 7 nitrogen and oxygen atoms in total. The second-order valence-corrected chi connectivity index (χ2v) is 5.65. The molecule has 0 bridgehead atoms. The molecule has 3 rings (SSSR count). The van der Waals surface area contributed by atoms with Crippen LogP contribution in [0, 0.1) is 0 Å². The fourth-order valence-electron chi connectivity index (χ4n) is 2.64. The summed E-state index contributed by atoms with van der Waals surface area (Å²) in [7, 11) is 0. The Morgan fingerprint density at radius 2 is 2.17 bits per heavy atom. The zero-order valence-electron chi connectivity index (χ0n) is 13.3. The van der Waals surface area contributed by atoms with Crippen LogP contribution in [0.15, 0.2) is 36.9 Å². The number of benzene rings is 1. The highest BCUT2D eigenvalue weighted by molar-refractivity contribution is 5.99. The second kappa shape index (κ2) is 7.08. The molecule has 1 aromatic carbocycles. The summed E-state index contributed by atoms with van der Waals surface area (Å²) in [5, 5.41) is 9.71. The van der Waals surface area contributed by atoms with Gasteiger partial charge < -0.3 is 5.32 Å². The maximum atomic E-state index is 12.2. The maximum Gasteiger partial charge on any atom is 0.248 e. The Bertz CT molecular complexity index is 758. The number of rotatable bonds is 5. The molecule has 24 heavy (non-hydrogen) atoms. The third kappa shape index (κ3) is 3.87. The smallest absolute Gasteiger partial charge is 0.248 e. The number of fused-ring (bicyclic) bond motifs is 1. The fraction of sp³-hybridized carbons (Fsp3) is 0.294. The molecular formula is C17H19N5O2. The topological polar surface area (TPSA) is 88.9 Å². The first-order valence-electron chi connectivity index (χ1n) is 7.90. The standard InChI is InChI=1S/C17H19N5O2/c1-2-15(23)18-13-7-5-6-12(10-13)11-16(24)20-17-19-14-8-3-4-9-22(14)21-17/h2,5-7,10H,1,3-4,8-9,11H2,(H,18,23)(H,20,21,24). The van der Waals surface area contributed by atoms with Crippen molar-refractivity contribution in [3.63, 3.8) is 0 Å². The number of amides is 2. The molecule has 1 aliphatic rings. The molecule has 0 spiro atoms. The lowest BCUT2D eigenvalue weighted by molar-refractivity contribution is -0.115. The van der Waals surface area contributed by atoms with E-state index in [-0.39, 0.29) is 18.2 Å². The number of anilines is 2. The normalized spacial score (nSPS) is 13.0. The van der Waals surface area contributed by atoms with Crippen LogP contribution in [0.25, 0.3) is 0 Å². The molecule has 1 aromatic heterocycles. The summed E-state index contributed by atoms with van der Waals surface area (Å²) in [6.07, 6.45) is 4.48. The largest absolute Gasteiger partial charge is 0.323 e. The van der Waals surface area contributed by atoms with Crippen molar-refractivity contribution >= 4 is 23.5 Å².